The van der Waals surface area contributed by atoms with Gasteiger partial charge in [-0.3, -0.25) is 0 Å². The van der Waals surface area contributed by atoms with Gasteiger partial charge in [0.2, 0.25) is 5.89 Å². The highest BCUT2D eigenvalue weighted by Crippen LogP contribution is 2.40. The van der Waals surface area contributed by atoms with Gasteiger partial charge in [0.15, 0.2) is 5.82 Å². The first-order valence-electron chi connectivity index (χ1n) is 8.32. The summed E-state index contributed by atoms with van der Waals surface area (Å²) in [6, 6.07) is 2.14. The summed E-state index contributed by atoms with van der Waals surface area (Å²) in [6.45, 7) is 0.929. The fourth-order valence-electron chi connectivity index (χ4n) is 3.64. The monoisotopic (exact) mass is 342 g/mol. The standard InChI is InChI=1S/C16H18N6OS/c17-16(5-2-6-16)15-20-13(23-21-15)11-3-1-7-22(11)12-10-4-8-24-14(10)19-9-18-12/h4,8-9,11H,1-3,5-7,17H2. The van der Waals surface area contributed by atoms with Gasteiger partial charge in [0.1, 0.15) is 23.0 Å². The molecule has 8 heteroatoms. The molecular weight excluding hydrogens is 324 g/mol. The van der Waals surface area contributed by atoms with E-state index >= 15 is 0 Å². The molecule has 0 spiro atoms. The SMILES string of the molecule is NC1(c2noc(C3CCCN3c3ncnc4sccc34)n2)CCC1. The van der Waals surface area contributed by atoms with E-state index in [1.807, 2.05) is 5.38 Å². The van der Waals surface area contributed by atoms with Crippen molar-refractivity contribution in [2.45, 2.75) is 43.7 Å². The molecule has 1 saturated heterocycles. The minimum atomic E-state index is -0.388. The van der Waals surface area contributed by atoms with Crippen LogP contribution in [0.5, 0.6) is 0 Å². The number of hydrogen-bond acceptors (Lipinski definition) is 8. The summed E-state index contributed by atoms with van der Waals surface area (Å²) in [5, 5.41) is 7.30. The molecule has 5 rings (SSSR count). The molecule has 4 heterocycles. The third-order valence-electron chi connectivity index (χ3n) is 5.18. The quantitative estimate of drug-likeness (QED) is 0.782. The fourth-order valence-corrected chi connectivity index (χ4v) is 4.36. The second-order valence-corrected chi connectivity index (χ2v) is 7.55. The number of thiophene rings is 1. The first-order chi connectivity index (χ1) is 11.7. The minimum absolute atomic E-state index is 0.0629. The van der Waals surface area contributed by atoms with E-state index in [0.29, 0.717) is 11.7 Å². The van der Waals surface area contributed by atoms with Crippen molar-refractivity contribution in [3.8, 4) is 0 Å². The van der Waals surface area contributed by atoms with Crippen LogP contribution in [0.2, 0.25) is 0 Å². The van der Waals surface area contributed by atoms with Gasteiger partial charge in [0.05, 0.1) is 10.9 Å². The van der Waals surface area contributed by atoms with Crippen LogP contribution in [0.15, 0.2) is 22.3 Å². The van der Waals surface area contributed by atoms with E-state index in [4.69, 9.17) is 10.3 Å². The van der Waals surface area contributed by atoms with Crippen molar-refractivity contribution in [3.63, 3.8) is 0 Å². The molecule has 2 aliphatic rings. The maximum atomic E-state index is 6.32. The van der Waals surface area contributed by atoms with Gasteiger partial charge in [-0.1, -0.05) is 5.16 Å². The summed E-state index contributed by atoms with van der Waals surface area (Å²) in [4.78, 5) is 16.8. The first kappa shape index (κ1) is 14.3. The lowest BCUT2D eigenvalue weighted by Crippen LogP contribution is -2.44. The Balaban J connectivity index is 1.51. The first-order valence-corrected chi connectivity index (χ1v) is 9.20. The van der Waals surface area contributed by atoms with Crippen LogP contribution in [-0.2, 0) is 5.54 Å². The predicted octanol–water partition coefficient (Wildman–Crippen LogP) is 2.75. The van der Waals surface area contributed by atoms with Crippen LogP contribution in [0.25, 0.3) is 10.2 Å². The fraction of sp³-hybridized carbons (Fsp3) is 0.500. The van der Waals surface area contributed by atoms with Crippen molar-refractivity contribution < 1.29 is 4.52 Å². The van der Waals surface area contributed by atoms with E-state index in [2.05, 4.69) is 31.1 Å². The van der Waals surface area contributed by atoms with Crippen LogP contribution in [0.1, 0.15) is 49.9 Å². The molecule has 3 aromatic heterocycles. The summed E-state index contributed by atoms with van der Waals surface area (Å²) in [5.74, 6) is 2.26. The zero-order valence-corrected chi connectivity index (χ0v) is 14.0. The Morgan fingerprint density at radius 2 is 2.21 bits per heavy atom. The topological polar surface area (TPSA) is 94.0 Å². The maximum absolute atomic E-state index is 6.32. The van der Waals surface area contributed by atoms with Gasteiger partial charge in [0, 0.05) is 6.54 Å². The molecule has 1 aliphatic heterocycles. The average molecular weight is 342 g/mol. The van der Waals surface area contributed by atoms with E-state index in [0.717, 1.165) is 54.7 Å². The summed E-state index contributed by atoms with van der Waals surface area (Å²) in [6.07, 6.45) is 6.68. The normalized spacial score (nSPS) is 22.9. The zero-order chi connectivity index (χ0) is 16.1. The molecule has 3 aromatic rings. The molecule has 0 amide bonds. The number of nitrogens with zero attached hydrogens (tertiary/aromatic N) is 5. The molecule has 1 atom stereocenters. The van der Waals surface area contributed by atoms with Crippen molar-refractivity contribution >= 4 is 27.4 Å². The molecule has 2 N–H and O–H groups in total. The van der Waals surface area contributed by atoms with Crippen molar-refractivity contribution in [3.05, 3.63) is 29.5 Å². The van der Waals surface area contributed by atoms with Crippen molar-refractivity contribution in [2.24, 2.45) is 5.73 Å². The molecule has 7 nitrogen and oxygen atoms in total. The van der Waals surface area contributed by atoms with E-state index in [1.165, 1.54) is 0 Å². The van der Waals surface area contributed by atoms with E-state index in [1.54, 1.807) is 17.7 Å². The Hall–Kier alpha value is -2.06. The van der Waals surface area contributed by atoms with Gasteiger partial charge in [-0.05, 0) is 43.6 Å². The number of fused-ring (bicyclic) bond motifs is 1. The highest BCUT2D eigenvalue weighted by atomic mass is 32.1. The smallest absolute Gasteiger partial charge is 0.249 e. The van der Waals surface area contributed by atoms with Gasteiger partial charge in [-0.2, -0.15) is 4.98 Å². The van der Waals surface area contributed by atoms with Gasteiger partial charge >= 0.3 is 0 Å². The van der Waals surface area contributed by atoms with Crippen LogP contribution in [0.3, 0.4) is 0 Å². The van der Waals surface area contributed by atoms with Gasteiger partial charge in [-0.15, -0.1) is 11.3 Å². The molecule has 2 fully saturated rings. The number of nitrogens with two attached hydrogens (primary N) is 1. The van der Waals surface area contributed by atoms with Gasteiger partial charge in [0.25, 0.3) is 0 Å². The Morgan fingerprint density at radius 3 is 3.04 bits per heavy atom. The summed E-state index contributed by atoms with van der Waals surface area (Å²) >= 11 is 1.63. The Bertz CT molecular complexity index is 885. The maximum Gasteiger partial charge on any atom is 0.249 e. The summed E-state index contributed by atoms with van der Waals surface area (Å²) < 4.78 is 5.59. The third kappa shape index (κ3) is 2.06. The van der Waals surface area contributed by atoms with Crippen LogP contribution >= 0.6 is 11.3 Å². The number of aromatic nitrogens is 4. The number of rotatable bonds is 3. The largest absolute Gasteiger partial charge is 0.344 e. The summed E-state index contributed by atoms with van der Waals surface area (Å²) in [5.41, 5.74) is 5.94. The predicted molar refractivity (Wildman–Crippen MR) is 90.8 cm³/mol. The van der Waals surface area contributed by atoms with Crippen molar-refractivity contribution in [1.29, 1.82) is 0 Å². The molecule has 1 saturated carbocycles. The average Bonchev–Trinajstić information content (AvgIpc) is 3.29. The van der Waals surface area contributed by atoms with Gasteiger partial charge in [-0.25, -0.2) is 9.97 Å². The second-order valence-electron chi connectivity index (χ2n) is 6.65. The highest BCUT2D eigenvalue weighted by Gasteiger charge is 2.40. The number of hydrogen-bond donors (Lipinski definition) is 1. The van der Waals surface area contributed by atoms with Crippen LogP contribution < -0.4 is 10.6 Å². The van der Waals surface area contributed by atoms with Crippen molar-refractivity contribution in [1.82, 2.24) is 20.1 Å². The Kier molecular flexibility index (Phi) is 3.11. The molecule has 0 bridgehead atoms. The molecule has 1 unspecified atom stereocenters. The van der Waals surface area contributed by atoms with Crippen LogP contribution in [0.4, 0.5) is 5.82 Å². The van der Waals surface area contributed by atoms with Crippen LogP contribution in [0, 0.1) is 0 Å². The third-order valence-corrected chi connectivity index (χ3v) is 6.00. The lowest BCUT2D eigenvalue weighted by atomic mass is 9.77. The molecule has 0 aromatic carbocycles. The molecule has 24 heavy (non-hydrogen) atoms. The molecule has 124 valence electrons. The van der Waals surface area contributed by atoms with Crippen molar-refractivity contribution in [2.75, 3.05) is 11.4 Å². The molecular formula is C16H18N6OS. The van der Waals surface area contributed by atoms with E-state index in [-0.39, 0.29) is 11.6 Å². The van der Waals surface area contributed by atoms with Gasteiger partial charge < -0.3 is 15.2 Å². The number of anilines is 1. The van der Waals surface area contributed by atoms with Crippen LogP contribution in [-0.4, -0.2) is 26.7 Å². The second kappa shape index (κ2) is 5.22. The summed E-state index contributed by atoms with van der Waals surface area (Å²) in [7, 11) is 0. The highest BCUT2D eigenvalue weighted by molar-refractivity contribution is 7.16. The van der Waals surface area contributed by atoms with E-state index < -0.39 is 0 Å². The zero-order valence-electron chi connectivity index (χ0n) is 13.2. The lowest BCUT2D eigenvalue weighted by Gasteiger charge is -2.34. The minimum Gasteiger partial charge on any atom is -0.344 e. The van der Waals surface area contributed by atoms with E-state index in [9.17, 15) is 0 Å². The lowest BCUT2D eigenvalue weighted by molar-refractivity contribution is 0.228. The Morgan fingerprint density at radius 1 is 1.29 bits per heavy atom. The Labute approximate surface area is 142 Å². The molecule has 1 aliphatic carbocycles. The molecule has 0 radical (unpaired) electrons.